The summed E-state index contributed by atoms with van der Waals surface area (Å²) in [6, 6.07) is 0. The number of aliphatic hydroxyl groups excluding tert-OH is 3. The first-order valence-corrected chi connectivity index (χ1v) is 6.62. The molecule has 1 saturated heterocycles. The van der Waals surface area contributed by atoms with Crippen molar-refractivity contribution in [3.05, 3.63) is 0 Å². The Kier molecular flexibility index (Phi) is 3.64. The molecule has 6 nitrogen and oxygen atoms in total. The number of aliphatic hydroxyl groups is 3. The summed E-state index contributed by atoms with van der Waals surface area (Å²) in [7, 11) is -4.46. The molecule has 0 aliphatic carbocycles. The highest BCUT2D eigenvalue weighted by Crippen LogP contribution is 2.53. The van der Waals surface area contributed by atoms with Crippen molar-refractivity contribution in [2.75, 3.05) is 0 Å². The van der Waals surface area contributed by atoms with Gasteiger partial charge in [0.2, 0.25) is 0 Å². The molecule has 1 heterocycles. The molecule has 5 N–H and O–H groups in total. The minimum absolute atomic E-state index is 0.522. The van der Waals surface area contributed by atoms with Crippen LogP contribution in [-0.4, -0.2) is 53.7 Å². The van der Waals surface area contributed by atoms with Crippen molar-refractivity contribution in [1.29, 1.82) is 0 Å². The van der Waals surface area contributed by atoms with E-state index in [2.05, 4.69) is 0 Å². The number of thioether (sulfide) groups is 1. The van der Waals surface area contributed by atoms with Crippen molar-refractivity contribution in [3.8, 4) is 0 Å². The standard InChI is InChI=1S/C6H13O6PS/c1-2-3(7)4(8)5(9)6(14-2)13(10,11)12/h2-9H,1H3,(H2,10,11,12)/t2-,3+,4+,5-,6?/m0/s1. The van der Waals surface area contributed by atoms with Crippen molar-refractivity contribution < 1.29 is 29.7 Å². The Bertz CT molecular complexity index is 255. The van der Waals surface area contributed by atoms with Gasteiger partial charge in [0.25, 0.3) is 0 Å². The maximum Gasteiger partial charge on any atom is 0.341 e. The van der Waals surface area contributed by atoms with Crippen molar-refractivity contribution in [3.63, 3.8) is 0 Å². The van der Waals surface area contributed by atoms with Crippen LogP contribution in [0.4, 0.5) is 0 Å². The zero-order valence-corrected chi connectivity index (χ0v) is 9.10. The Morgan fingerprint density at radius 3 is 2.00 bits per heavy atom. The van der Waals surface area contributed by atoms with Crippen LogP contribution in [0.3, 0.4) is 0 Å². The molecule has 0 bridgehead atoms. The second-order valence-electron chi connectivity index (χ2n) is 3.29. The first-order chi connectivity index (χ1) is 6.25. The summed E-state index contributed by atoms with van der Waals surface area (Å²) < 4.78 is 10.9. The SMILES string of the molecule is C[C@@H]1SC(P(=O)(O)O)[C@@H](O)[C@H](O)[C@@H]1O. The lowest BCUT2D eigenvalue weighted by atomic mass is 10.1. The summed E-state index contributed by atoms with van der Waals surface area (Å²) in [6.07, 6.45) is -4.28. The predicted molar refractivity (Wildman–Crippen MR) is 50.9 cm³/mol. The van der Waals surface area contributed by atoms with E-state index in [1.807, 2.05) is 0 Å². The molecule has 0 aromatic rings. The third kappa shape index (κ3) is 2.30. The molecule has 0 spiro atoms. The van der Waals surface area contributed by atoms with Gasteiger partial charge in [-0.05, 0) is 0 Å². The van der Waals surface area contributed by atoms with Gasteiger partial charge in [0.1, 0.15) is 17.2 Å². The van der Waals surface area contributed by atoms with Gasteiger partial charge in [-0.3, -0.25) is 4.57 Å². The predicted octanol–water partition coefficient (Wildman–Crippen LogP) is -1.29. The zero-order valence-electron chi connectivity index (χ0n) is 7.39. The van der Waals surface area contributed by atoms with Gasteiger partial charge in [-0.25, -0.2) is 0 Å². The summed E-state index contributed by atoms with van der Waals surface area (Å²) in [6.45, 7) is 1.53. The van der Waals surface area contributed by atoms with Crippen molar-refractivity contribution in [1.82, 2.24) is 0 Å². The maximum atomic E-state index is 10.9. The zero-order chi connectivity index (χ0) is 11.1. The Hall–Kier alpha value is 0.380. The molecule has 0 radical (unpaired) electrons. The molecule has 0 aromatic carbocycles. The molecular formula is C6H13O6PS. The minimum atomic E-state index is -4.46. The Morgan fingerprint density at radius 2 is 1.57 bits per heavy atom. The van der Waals surface area contributed by atoms with E-state index >= 15 is 0 Å². The number of rotatable bonds is 1. The van der Waals surface area contributed by atoms with Crippen molar-refractivity contribution >= 4 is 19.4 Å². The normalized spacial score (nSPS) is 45.1. The largest absolute Gasteiger partial charge is 0.389 e. The molecule has 1 fully saturated rings. The highest BCUT2D eigenvalue weighted by molar-refractivity contribution is 8.06. The van der Waals surface area contributed by atoms with E-state index in [4.69, 9.17) is 9.79 Å². The number of hydrogen-bond acceptors (Lipinski definition) is 5. The van der Waals surface area contributed by atoms with Gasteiger partial charge in [-0.1, -0.05) is 6.92 Å². The lowest BCUT2D eigenvalue weighted by molar-refractivity contribution is -0.0587. The monoisotopic (exact) mass is 244 g/mol. The van der Waals surface area contributed by atoms with Crippen LogP contribution >= 0.6 is 19.4 Å². The van der Waals surface area contributed by atoms with E-state index in [9.17, 15) is 19.9 Å². The summed E-state index contributed by atoms with van der Waals surface area (Å²) in [5.74, 6) is 0. The molecule has 1 aliphatic rings. The van der Waals surface area contributed by atoms with Gasteiger partial charge in [-0.2, -0.15) is 0 Å². The summed E-state index contributed by atoms with van der Waals surface area (Å²) in [5, 5.41) is 27.4. The molecule has 0 saturated carbocycles. The highest BCUT2D eigenvalue weighted by Gasteiger charge is 2.48. The average Bonchev–Trinajstić information content (AvgIpc) is 2.06. The summed E-state index contributed by atoms with van der Waals surface area (Å²) >= 11 is 0.790. The van der Waals surface area contributed by atoms with Gasteiger partial charge in [0.15, 0.2) is 0 Å². The van der Waals surface area contributed by atoms with Gasteiger partial charge in [0, 0.05) is 5.25 Å². The van der Waals surface area contributed by atoms with Crippen LogP contribution in [0.5, 0.6) is 0 Å². The lowest BCUT2D eigenvalue weighted by Gasteiger charge is -2.38. The van der Waals surface area contributed by atoms with Crippen LogP contribution in [0.2, 0.25) is 0 Å². The van der Waals surface area contributed by atoms with E-state index in [0.29, 0.717) is 0 Å². The van der Waals surface area contributed by atoms with Crippen LogP contribution in [-0.2, 0) is 4.57 Å². The fraction of sp³-hybridized carbons (Fsp3) is 1.00. The molecule has 14 heavy (non-hydrogen) atoms. The molecule has 1 rings (SSSR count). The first-order valence-electron chi connectivity index (χ1n) is 4.00. The van der Waals surface area contributed by atoms with Gasteiger partial charge >= 0.3 is 7.60 Å². The average molecular weight is 244 g/mol. The van der Waals surface area contributed by atoms with Gasteiger partial charge in [-0.15, -0.1) is 11.8 Å². The molecular weight excluding hydrogens is 231 g/mol. The summed E-state index contributed by atoms with van der Waals surface area (Å²) in [5.41, 5.74) is 0. The van der Waals surface area contributed by atoms with Crippen LogP contribution in [0.15, 0.2) is 0 Å². The fourth-order valence-electron chi connectivity index (χ4n) is 1.31. The highest BCUT2D eigenvalue weighted by atomic mass is 32.2. The van der Waals surface area contributed by atoms with E-state index in [0.717, 1.165) is 11.8 Å². The third-order valence-corrected chi connectivity index (χ3v) is 5.58. The molecule has 1 unspecified atom stereocenters. The first kappa shape index (κ1) is 12.4. The van der Waals surface area contributed by atoms with Crippen LogP contribution in [0.25, 0.3) is 0 Å². The maximum absolute atomic E-state index is 10.9. The van der Waals surface area contributed by atoms with Crippen LogP contribution < -0.4 is 0 Å². The molecule has 0 aromatic heterocycles. The summed E-state index contributed by atoms with van der Waals surface area (Å²) in [4.78, 5) is 16.4. The van der Waals surface area contributed by atoms with Gasteiger partial charge < -0.3 is 25.1 Å². The smallest absolute Gasteiger partial charge is 0.341 e. The Morgan fingerprint density at radius 1 is 1.07 bits per heavy atom. The van der Waals surface area contributed by atoms with Crippen molar-refractivity contribution in [2.45, 2.75) is 35.5 Å². The van der Waals surface area contributed by atoms with Gasteiger partial charge in [0.05, 0.1) is 6.10 Å². The molecule has 0 amide bonds. The Labute approximate surface area is 85.1 Å². The minimum Gasteiger partial charge on any atom is -0.389 e. The van der Waals surface area contributed by atoms with E-state index in [1.54, 1.807) is 0 Å². The quantitative estimate of drug-likeness (QED) is 0.364. The van der Waals surface area contributed by atoms with E-state index < -0.39 is 36.1 Å². The molecule has 8 heteroatoms. The number of hydrogen-bond donors (Lipinski definition) is 5. The van der Waals surface area contributed by atoms with Crippen LogP contribution in [0.1, 0.15) is 6.92 Å². The second-order valence-corrected chi connectivity index (χ2v) is 6.90. The lowest BCUT2D eigenvalue weighted by Crippen LogP contribution is -2.51. The Balaban J connectivity index is 2.86. The van der Waals surface area contributed by atoms with E-state index in [-0.39, 0.29) is 0 Å². The third-order valence-electron chi connectivity index (χ3n) is 2.16. The fourth-order valence-corrected chi connectivity index (χ4v) is 4.18. The topological polar surface area (TPSA) is 118 Å². The van der Waals surface area contributed by atoms with E-state index in [1.165, 1.54) is 6.92 Å². The molecule has 5 atom stereocenters. The van der Waals surface area contributed by atoms with Crippen LogP contribution in [0, 0.1) is 0 Å². The van der Waals surface area contributed by atoms with Crippen molar-refractivity contribution in [2.24, 2.45) is 0 Å². The molecule has 1 aliphatic heterocycles. The molecule has 84 valence electrons. The second kappa shape index (κ2) is 4.09.